The number of carboxylic acid groups (broad SMARTS) is 1. The molecule has 0 saturated carbocycles. The molecular formula is C17H15BrO4. The minimum Gasteiger partial charge on any atom is -0.490 e. The average Bonchev–Trinajstić information content (AvgIpc) is 2.52. The highest BCUT2D eigenvalue weighted by Gasteiger charge is 1.97. The van der Waals surface area contributed by atoms with Crippen LogP contribution in [0.25, 0.3) is 6.08 Å². The van der Waals surface area contributed by atoms with E-state index in [9.17, 15) is 4.79 Å². The highest BCUT2D eigenvalue weighted by molar-refractivity contribution is 9.10. The molecule has 0 unspecified atom stereocenters. The van der Waals surface area contributed by atoms with E-state index in [1.165, 1.54) is 6.08 Å². The molecular weight excluding hydrogens is 348 g/mol. The first kappa shape index (κ1) is 16.1. The number of ether oxygens (including phenoxy) is 2. The van der Waals surface area contributed by atoms with E-state index in [1.54, 1.807) is 24.3 Å². The van der Waals surface area contributed by atoms with Crippen LogP contribution in [-0.2, 0) is 4.79 Å². The van der Waals surface area contributed by atoms with Crippen molar-refractivity contribution in [2.45, 2.75) is 0 Å². The third kappa shape index (κ3) is 5.61. The number of halogens is 1. The van der Waals surface area contributed by atoms with E-state index in [1.807, 2.05) is 24.3 Å². The lowest BCUT2D eigenvalue weighted by atomic mass is 10.2. The topological polar surface area (TPSA) is 55.8 Å². The van der Waals surface area contributed by atoms with E-state index in [-0.39, 0.29) is 0 Å². The van der Waals surface area contributed by atoms with Gasteiger partial charge < -0.3 is 14.6 Å². The molecule has 2 rings (SSSR count). The van der Waals surface area contributed by atoms with E-state index < -0.39 is 5.97 Å². The van der Waals surface area contributed by atoms with Crippen LogP contribution < -0.4 is 9.47 Å². The lowest BCUT2D eigenvalue weighted by Crippen LogP contribution is -2.08. The molecule has 0 aliphatic rings. The average molecular weight is 363 g/mol. The molecule has 0 amide bonds. The molecule has 0 aliphatic carbocycles. The summed E-state index contributed by atoms with van der Waals surface area (Å²) in [5.41, 5.74) is 0.806. The summed E-state index contributed by atoms with van der Waals surface area (Å²) >= 11 is 3.37. The van der Waals surface area contributed by atoms with E-state index >= 15 is 0 Å². The molecule has 2 aromatic rings. The second-order valence-electron chi connectivity index (χ2n) is 4.39. The molecule has 4 nitrogen and oxygen atoms in total. The van der Waals surface area contributed by atoms with Crippen molar-refractivity contribution >= 4 is 28.0 Å². The van der Waals surface area contributed by atoms with Crippen LogP contribution in [0.1, 0.15) is 5.56 Å². The number of benzene rings is 2. The van der Waals surface area contributed by atoms with Crippen molar-refractivity contribution in [1.29, 1.82) is 0 Å². The highest BCUT2D eigenvalue weighted by Crippen LogP contribution is 2.16. The van der Waals surface area contributed by atoms with Gasteiger partial charge in [0.25, 0.3) is 0 Å². The van der Waals surface area contributed by atoms with Crippen LogP contribution in [0.5, 0.6) is 11.5 Å². The van der Waals surface area contributed by atoms with E-state index in [4.69, 9.17) is 14.6 Å². The van der Waals surface area contributed by atoms with Gasteiger partial charge in [0.2, 0.25) is 0 Å². The first-order chi connectivity index (χ1) is 10.6. The summed E-state index contributed by atoms with van der Waals surface area (Å²) in [5, 5.41) is 8.55. The summed E-state index contributed by atoms with van der Waals surface area (Å²) < 4.78 is 12.1. The number of carbonyl (C=O) groups is 1. The number of carboxylic acids is 1. The van der Waals surface area contributed by atoms with Gasteiger partial charge in [0.15, 0.2) is 0 Å². The number of hydrogen-bond acceptors (Lipinski definition) is 3. The Bertz CT molecular complexity index is 633. The highest BCUT2D eigenvalue weighted by atomic mass is 79.9. The van der Waals surface area contributed by atoms with E-state index in [0.717, 1.165) is 21.9 Å². The first-order valence-corrected chi connectivity index (χ1v) is 7.45. The Kier molecular flexibility index (Phi) is 6.03. The molecule has 0 fully saturated rings. The second-order valence-corrected chi connectivity index (χ2v) is 5.31. The van der Waals surface area contributed by atoms with Crippen molar-refractivity contribution in [2.24, 2.45) is 0 Å². The van der Waals surface area contributed by atoms with Crippen LogP contribution >= 0.6 is 15.9 Å². The van der Waals surface area contributed by atoms with Crippen molar-refractivity contribution in [2.75, 3.05) is 13.2 Å². The maximum Gasteiger partial charge on any atom is 0.328 e. The summed E-state index contributed by atoms with van der Waals surface area (Å²) in [4.78, 5) is 10.4. The van der Waals surface area contributed by atoms with Crippen LogP contribution in [0.3, 0.4) is 0 Å². The summed E-state index contributed by atoms with van der Waals surface area (Å²) in [7, 11) is 0. The number of aliphatic carboxylic acids is 1. The minimum atomic E-state index is -0.967. The van der Waals surface area contributed by atoms with Gasteiger partial charge in [0.1, 0.15) is 24.7 Å². The molecule has 5 heteroatoms. The summed E-state index contributed by atoms with van der Waals surface area (Å²) in [6, 6.07) is 14.8. The van der Waals surface area contributed by atoms with Crippen molar-refractivity contribution in [1.82, 2.24) is 0 Å². The van der Waals surface area contributed by atoms with Crippen molar-refractivity contribution in [3.63, 3.8) is 0 Å². The molecule has 114 valence electrons. The summed E-state index contributed by atoms with van der Waals surface area (Å²) in [6.07, 6.45) is 2.63. The predicted octanol–water partition coefficient (Wildman–Crippen LogP) is 4.00. The van der Waals surface area contributed by atoms with Crippen LogP contribution in [0.4, 0.5) is 0 Å². The maximum absolute atomic E-state index is 10.4. The van der Waals surface area contributed by atoms with Gasteiger partial charge in [-0.2, -0.15) is 0 Å². The van der Waals surface area contributed by atoms with Gasteiger partial charge >= 0.3 is 5.97 Å². The predicted molar refractivity (Wildman–Crippen MR) is 88.2 cm³/mol. The molecule has 22 heavy (non-hydrogen) atoms. The van der Waals surface area contributed by atoms with Gasteiger partial charge in [0, 0.05) is 10.5 Å². The lowest BCUT2D eigenvalue weighted by molar-refractivity contribution is -0.131. The molecule has 0 radical (unpaired) electrons. The van der Waals surface area contributed by atoms with Crippen LogP contribution in [0, 0.1) is 0 Å². The Morgan fingerprint density at radius 1 is 0.955 bits per heavy atom. The smallest absolute Gasteiger partial charge is 0.328 e. The third-order valence-corrected chi connectivity index (χ3v) is 3.26. The van der Waals surface area contributed by atoms with Gasteiger partial charge in [0.05, 0.1) is 0 Å². The summed E-state index contributed by atoms with van der Waals surface area (Å²) in [5.74, 6) is 0.540. The van der Waals surface area contributed by atoms with E-state index in [2.05, 4.69) is 15.9 Å². The maximum atomic E-state index is 10.4. The Morgan fingerprint density at radius 3 is 1.95 bits per heavy atom. The van der Waals surface area contributed by atoms with Gasteiger partial charge in [-0.05, 0) is 48.0 Å². The normalized spacial score (nSPS) is 10.6. The number of rotatable bonds is 7. The molecule has 0 bridgehead atoms. The fourth-order valence-electron chi connectivity index (χ4n) is 1.69. The van der Waals surface area contributed by atoms with Crippen LogP contribution in [-0.4, -0.2) is 24.3 Å². The zero-order valence-electron chi connectivity index (χ0n) is 11.7. The van der Waals surface area contributed by atoms with Crippen molar-refractivity contribution < 1.29 is 19.4 Å². The zero-order chi connectivity index (χ0) is 15.8. The van der Waals surface area contributed by atoms with Crippen LogP contribution in [0.15, 0.2) is 59.1 Å². The Hall–Kier alpha value is -2.27. The molecule has 0 aromatic heterocycles. The minimum absolute atomic E-state index is 0.431. The zero-order valence-corrected chi connectivity index (χ0v) is 13.3. The largest absolute Gasteiger partial charge is 0.490 e. The third-order valence-electron chi connectivity index (χ3n) is 2.73. The fourth-order valence-corrected chi connectivity index (χ4v) is 1.96. The first-order valence-electron chi connectivity index (χ1n) is 6.66. The monoisotopic (exact) mass is 362 g/mol. The van der Waals surface area contributed by atoms with Gasteiger partial charge in [-0.3, -0.25) is 0 Å². The molecule has 0 aliphatic heterocycles. The molecule has 0 atom stereocenters. The van der Waals surface area contributed by atoms with Crippen LogP contribution in [0.2, 0.25) is 0 Å². The fraction of sp³-hybridized carbons (Fsp3) is 0.118. The van der Waals surface area contributed by atoms with Crippen molar-refractivity contribution in [3.8, 4) is 11.5 Å². The SMILES string of the molecule is O=C(O)C=Cc1ccc(OCCOc2ccc(Br)cc2)cc1. The quantitative estimate of drug-likeness (QED) is 0.597. The molecule has 2 aromatic carbocycles. The Labute approximate surface area is 137 Å². The van der Waals surface area contributed by atoms with Gasteiger partial charge in [-0.1, -0.05) is 28.1 Å². The molecule has 0 saturated heterocycles. The second kappa shape index (κ2) is 8.24. The Balaban J connectivity index is 1.75. The molecule has 1 N–H and O–H groups in total. The lowest BCUT2D eigenvalue weighted by Gasteiger charge is -2.08. The molecule has 0 heterocycles. The number of hydrogen-bond donors (Lipinski definition) is 1. The van der Waals surface area contributed by atoms with Gasteiger partial charge in [-0.25, -0.2) is 4.79 Å². The standard InChI is InChI=1S/C17H15BrO4/c18-14-4-8-16(9-5-14)22-12-11-21-15-6-1-13(2-7-15)3-10-17(19)20/h1-10H,11-12H2,(H,19,20). The molecule has 0 spiro atoms. The van der Waals surface area contributed by atoms with Gasteiger partial charge in [-0.15, -0.1) is 0 Å². The van der Waals surface area contributed by atoms with E-state index in [0.29, 0.717) is 19.0 Å². The summed E-state index contributed by atoms with van der Waals surface area (Å²) in [6.45, 7) is 0.878. The van der Waals surface area contributed by atoms with Crippen molar-refractivity contribution in [3.05, 3.63) is 64.6 Å². The Morgan fingerprint density at radius 2 is 1.45 bits per heavy atom.